The summed E-state index contributed by atoms with van der Waals surface area (Å²) in [5.74, 6) is 0.0325. The summed E-state index contributed by atoms with van der Waals surface area (Å²) in [4.78, 5) is 19.9. The van der Waals surface area contributed by atoms with Gasteiger partial charge in [0.05, 0.1) is 4.88 Å². The average Bonchev–Trinajstić information content (AvgIpc) is 3.30. The molecule has 1 atom stereocenters. The quantitative estimate of drug-likeness (QED) is 0.504. The van der Waals surface area contributed by atoms with Crippen LogP contribution in [0.3, 0.4) is 0 Å². The Labute approximate surface area is 211 Å². The zero-order chi connectivity index (χ0) is 23.8. The normalized spacial score (nSPS) is 18.6. The van der Waals surface area contributed by atoms with Gasteiger partial charge < -0.3 is 15.1 Å². The number of piperazine rings is 1. The lowest BCUT2D eigenvalue weighted by molar-refractivity contribution is 0.0938. The molecule has 0 spiro atoms. The molecule has 1 amide bonds. The zero-order valence-corrected chi connectivity index (χ0v) is 21.7. The van der Waals surface area contributed by atoms with Crippen LogP contribution in [-0.4, -0.2) is 50.1 Å². The van der Waals surface area contributed by atoms with Crippen molar-refractivity contribution in [3.8, 4) is 10.4 Å². The van der Waals surface area contributed by atoms with Gasteiger partial charge in [-0.3, -0.25) is 4.79 Å². The fourth-order valence-corrected chi connectivity index (χ4v) is 6.50. The Morgan fingerprint density at radius 1 is 1.00 bits per heavy atom. The number of hydrogen-bond acceptors (Lipinski definition) is 4. The molecule has 1 aliphatic carbocycles. The van der Waals surface area contributed by atoms with Gasteiger partial charge in [-0.1, -0.05) is 23.7 Å². The fraction of sp³-hybridized carbons (Fsp3) is 0.393. The predicted octanol–water partition coefficient (Wildman–Crippen LogP) is 5.72. The molecule has 4 nitrogen and oxygen atoms in total. The number of benzene rings is 2. The number of carbonyl (C=O) groups excluding carboxylic acids is 1. The number of thiophene rings is 1. The van der Waals surface area contributed by atoms with Crippen LogP contribution in [0.15, 0.2) is 42.5 Å². The Balaban J connectivity index is 1.32. The highest BCUT2D eigenvalue weighted by Gasteiger charge is 2.27. The third-order valence-electron chi connectivity index (χ3n) is 7.30. The SMILES string of the molecule is Cc1cc(Cl)ccc1-c1ccc(C(=O)N[C@@H]2CCc3c(C)ccc(N4CCN(C)CC4)c3C2)s1. The summed E-state index contributed by atoms with van der Waals surface area (Å²) >= 11 is 7.66. The number of likely N-dealkylation sites (N-methyl/N-ethyl adjacent to an activating group) is 1. The molecule has 0 saturated carbocycles. The van der Waals surface area contributed by atoms with Crippen molar-refractivity contribution < 1.29 is 4.79 Å². The topological polar surface area (TPSA) is 35.6 Å². The maximum Gasteiger partial charge on any atom is 0.261 e. The molecule has 0 radical (unpaired) electrons. The standard InChI is InChI=1S/C28H32ClN3OS/c1-18-4-9-25(32-14-12-31(3)13-15-32)24-17-21(6-8-22(18)24)30-28(33)27-11-10-26(34-27)23-7-5-20(29)16-19(23)2/h4-5,7,9-11,16,21H,6,8,12-15,17H2,1-3H3,(H,30,33)/t21-/m1/s1. The lowest BCUT2D eigenvalue weighted by Gasteiger charge is -2.37. The Hall–Kier alpha value is -2.34. The number of nitrogens with one attached hydrogen (secondary N) is 1. The Morgan fingerprint density at radius 2 is 1.79 bits per heavy atom. The summed E-state index contributed by atoms with van der Waals surface area (Å²) < 4.78 is 0. The molecule has 3 aromatic rings. The number of amides is 1. The van der Waals surface area contributed by atoms with E-state index in [-0.39, 0.29) is 11.9 Å². The number of hydrogen-bond donors (Lipinski definition) is 1. The van der Waals surface area contributed by atoms with E-state index in [4.69, 9.17) is 11.6 Å². The molecule has 2 aliphatic rings. The molecule has 6 heteroatoms. The summed E-state index contributed by atoms with van der Waals surface area (Å²) in [6.07, 6.45) is 2.91. The fourth-order valence-electron chi connectivity index (χ4n) is 5.27. The maximum absolute atomic E-state index is 13.2. The lowest BCUT2D eigenvalue weighted by atomic mass is 9.84. The molecule has 0 bridgehead atoms. The third-order valence-corrected chi connectivity index (χ3v) is 8.65. The van der Waals surface area contributed by atoms with E-state index in [2.05, 4.69) is 48.1 Å². The van der Waals surface area contributed by atoms with E-state index >= 15 is 0 Å². The van der Waals surface area contributed by atoms with Crippen molar-refractivity contribution in [2.24, 2.45) is 0 Å². The van der Waals surface area contributed by atoms with Gasteiger partial charge in [0.25, 0.3) is 5.91 Å². The predicted molar refractivity (Wildman–Crippen MR) is 144 cm³/mol. The Kier molecular flexibility index (Phi) is 6.70. The summed E-state index contributed by atoms with van der Waals surface area (Å²) in [7, 11) is 2.19. The van der Waals surface area contributed by atoms with Crippen LogP contribution in [0.5, 0.6) is 0 Å². The third kappa shape index (κ3) is 4.74. The minimum absolute atomic E-state index is 0.0325. The van der Waals surface area contributed by atoms with Crippen LogP contribution in [-0.2, 0) is 12.8 Å². The minimum Gasteiger partial charge on any atom is -0.369 e. The number of halogens is 1. The van der Waals surface area contributed by atoms with Gasteiger partial charge in [-0.05, 0) is 98.3 Å². The van der Waals surface area contributed by atoms with Gasteiger partial charge in [0, 0.05) is 47.8 Å². The van der Waals surface area contributed by atoms with Gasteiger partial charge in [0.1, 0.15) is 0 Å². The smallest absolute Gasteiger partial charge is 0.261 e. The van der Waals surface area contributed by atoms with Crippen LogP contribution in [0.2, 0.25) is 5.02 Å². The van der Waals surface area contributed by atoms with Gasteiger partial charge in [-0.2, -0.15) is 0 Å². The number of fused-ring (bicyclic) bond motifs is 1. The van der Waals surface area contributed by atoms with Crippen molar-refractivity contribution in [2.45, 2.75) is 39.2 Å². The summed E-state index contributed by atoms with van der Waals surface area (Å²) in [5.41, 5.74) is 7.91. The van der Waals surface area contributed by atoms with Gasteiger partial charge in [-0.25, -0.2) is 0 Å². The second kappa shape index (κ2) is 9.73. The average molecular weight is 494 g/mol. The summed E-state index contributed by atoms with van der Waals surface area (Å²) in [6.45, 7) is 8.58. The first-order chi connectivity index (χ1) is 16.4. The molecule has 5 rings (SSSR count). The van der Waals surface area contributed by atoms with Crippen molar-refractivity contribution in [1.82, 2.24) is 10.2 Å². The Morgan fingerprint density at radius 3 is 2.56 bits per heavy atom. The van der Waals surface area contributed by atoms with Crippen molar-refractivity contribution in [2.75, 3.05) is 38.1 Å². The number of carbonyl (C=O) groups is 1. The van der Waals surface area contributed by atoms with E-state index < -0.39 is 0 Å². The highest BCUT2D eigenvalue weighted by molar-refractivity contribution is 7.17. The van der Waals surface area contributed by atoms with Crippen molar-refractivity contribution in [3.05, 3.63) is 74.6 Å². The highest BCUT2D eigenvalue weighted by Crippen LogP contribution is 2.35. The molecule has 0 unspecified atom stereocenters. The molecule has 1 fully saturated rings. The first-order valence-electron chi connectivity index (χ1n) is 12.1. The van der Waals surface area contributed by atoms with Crippen LogP contribution < -0.4 is 10.2 Å². The minimum atomic E-state index is 0.0325. The van der Waals surface area contributed by atoms with E-state index in [1.807, 2.05) is 30.3 Å². The largest absolute Gasteiger partial charge is 0.369 e. The van der Waals surface area contributed by atoms with Crippen LogP contribution in [0.25, 0.3) is 10.4 Å². The molecular weight excluding hydrogens is 462 g/mol. The first kappa shape index (κ1) is 23.4. The monoisotopic (exact) mass is 493 g/mol. The second-order valence-corrected chi connectivity index (χ2v) is 11.2. The number of rotatable bonds is 4. The van der Waals surface area contributed by atoms with Gasteiger partial charge >= 0.3 is 0 Å². The number of aryl methyl sites for hydroxylation is 2. The first-order valence-corrected chi connectivity index (χ1v) is 13.3. The van der Waals surface area contributed by atoms with E-state index in [1.54, 1.807) is 11.3 Å². The Bertz CT molecular complexity index is 1210. The molecule has 178 valence electrons. The molecule has 2 aromatic carbocycles. The van der Waals surface area contributed by atoms with Crippen LogP contribution in [0.1, 0.15) is 38.3 Å². The van der Waals surface area contributed by atoms with Crippen molar-refractivity contribution >= 4 is 34.5 Å². The lowest BCUT2D eigenvalue weighted by Crippen LogP contribution is -2.45. The van der Waals surface area contributed by atoms with E-state index in [9.17, 15) is 4.79 Å². The van der Waals surface area contributed by atoms with Gasteiger partial charge in [0.15, 0.2) is 0 Å². The van der Waals surface area contributed by atoms with Crippen LogP contribution in [0.4, 0.5) is 5.69 Å². The summed E-state index contributed by atoms with van der Waals surface area (Å²) in [5, 5.41) is 4.08. The molecular formula is C28H32ClN3OS. The summed E-state index contributed by atoms with van der Waals surface area (Å²) in [6, 6.07) is 14.6. The number of anilines is 1. The van der Waals surface area contributed by atoms with Crippen molar-refractivity contribution in [1.29, 1.82) is 0 Å². The van der Waals surface area contributed by atoms with Crippen LogP contribution >= 0.6 is 22.9 Å². The molecule has 1 saturated heterocycles. The zero-order valence-electron chi connectivity index (χ0n) is 20.2. The van der Waals surface area contributed by atoms with E-state index in [0.717, 1.165) is 71.3 Å². The second-order valence-electron chi connectivity index (χ2n) is 9.69. The molecule has 1 aliphatic heterocycles. The highest BCUT2D eigenvalue weighted by atomic mass is 35.5. The van der Waals surface area contributed by atoms with Gasteiger partial charge in [0.2, 0.25) is 0 Å². The van der Waals surface area contributed by atoms with Crippen LogP contribution in [0, 0.1) is 13.8 Å². The van der Waals surface area contributed by atoms with Crippen molar-refractivity contribution in [3.63, 3.8) is 0 Å². The molecule has 1 N–H and O–H groups in total. The molecule has 34 heavy (non-hydrogen) atoms. The van der Waals surface area contributed by atoms with E-state index in [0.29, 0.717) is 0 Å². The molecule has 2 heterocycles. The number of nitrogens with zero attached hydrogens (tertiary/aromatic N) is 2. The van der Waals surface area contributed by atoms with E-state index in [1.165, 1.54) is 22.4 Å². The van der Waals surface area contributed by atoms with Gasteiger partial charge in [-0.15, -0.1) is 11.3 Å². The molecule has 1 aromatic heterocycles. The maximum atomic E-state index is 13.2.